The van der Waals surface area contributed by atoms with Gasteiger partial charge in [-0.3, -0.25) is 4.79 Å². The van der Waals surface area contributed by atoms with Gasteiger partial charge in [-0.1, -0.05) is 12.1 Å². The van der Waals surface area contributed by atoms with Gasteiger partial charge in [-0.15, -0.1) is 11.3 Å². The monoisotopic (exact) mass is 316 g/mol. The van der Waals surface area contributed by atoms with Crippen molar-refractivity contribution in [2.75, 3.05) is 25.0 Å². The summed E-state index contributed by atoms with van der Waals surface area (Å²) in [7, 11) is 0. The molecule has 0 bridgehead atoms. The number of anilines is 1. The van der Waals surface area contributed by atoms with Crippen molar-refractivity contribution in [3.05, 3.63) is 46.2 Å². The standard InChI is InChI=1S/C17H20N2O2S/c1-2-21-15-6-4-3-5-14(15)18-11-17(20)19-9-7-16-13(12-19)8-10-22-16/h3-6,8,10,18H,2,7,9,11-12H2,1H3. The molecule has 0 saturated carbocycles. The van der Waals surface area contributed by atoms with Crippen LogP contribution in [0.1, 0.15) is 17.4 Å². The lowest BCUT2D eigenvalue weighted by molar-refractivity contribution is -0.130. The molecular formula is C17H20N2O2S. The number of fused-ring (bicyclic) bond motifs is 1. The van der Waals surface area contributed by atoms with Gasteiger partial charge in [-0.25, -0.2) is 0 Å². The second kappa shape index (κ2) is 6.83. The van der Waals surface area contributed by atoms with Crippen LogP contribution in [-0.4, -0.2) is 30.5 Å². The minimum Gasteiger partial charge on any atom is -0.492 e. The van der Waals surface area contributed by atoms with Crippen LogP contribution in [-0.2, 0) is 17.8 Å². The molecule has 0 radical (unpaired) electrons. The third-order valence-electron chi connectivity index (χ3n) is 3.78. The van der Waals surface area contributed by atoms with Crippen molar-refractivity contribution in [3.63, 3.8) is 0 Å². The van der Waals surface area contributed by atoms with E-state index in [0.717, 1.165) is 30.9 Å². The summed E-state index contributed by atoms with van der Waals surface area (Å²) in [5, 5.41) is 5.31. The highest BCUT2D eigenvalue weighted by molar-refractivity contribution is 7.10. The third-order valence-corrected chi connectivity index (χ3v) is 4.80. The fourth-order valence-corrected chi connectivity index (χ4v) is 3.53. The molecule has 1 aliphatic rings. The number of benzene rings is 1. The largest absolute Gasteiger partial charge is 0.492 e. The molecule has 2 aromatic rings. The van der Waals surface area contributed by atoms with E-state index >= 15 is 0 Å². The zero-order chi connectivity index (χ0) is 15.4. The Bertz CT molecular complexity index is 654. The van der Waals surface area contributed by atoms with Crippen molar-refractivity contribution >= 4 is 22.9 Å². The molecule has 22 heavy (non-hydrogen) atoms. The molecule has 1 aliphatic heterocycles. The number of para-hydroxylation sites is 2. The molecule has 5 heteroatoms. The zero-order valence-electron chi connectivity index (χ0n) is 12.7. The molecule has 0 spiro atoms. The molecule has 0 saturated heterocycles. The second-order valence-electron chi connectivity index (χ2n) is 5.22. The molecule has 1 amide bonds. The summed E-state index contributed by atoms with van der Waals surface area (Å²) in [6.07, 6.45) is 0.967. The van der Waals surface area contributed by atoms with Crippen molar-refractivity contribution < 1.29 is 9.53 Å². The molecule has 0 aliphatic carbocycles. The van der Waals surface area contributed by atoms with Gasteiger partial charge in [0.25, 0.3) is 0 Å². The van der Waals surface area contributed by atoms with Crippen LogP contribution in [0.4, 0.5) is 5.69 Å². The molecule has 4 nitrogen and oxygen atoms in total. The first kappa shape index (κ1) is 14.9. The van der Waals surface area contributed by atoms with Gasteiger partial charge in [-0.05, 0) is 42.5 Å². The van der Waals surface area contributed by atoms with E-state index in [1.54, 1.807) is 11.3 Å². The van der Waals surface area contributed by atoms with Crippen LogP contribution in [0.5, 0.6) is 5.75 Å². The fraction of sp³-hybridized carbons (Fsp3) is 0.353. The highest BCUT2D eigenvalue weighted by Gasteiger charge is 2.21. The van der Waals surface area contributed by atoms with Crippen LogP contribution in [0.15, 0.2) is 35.7 Å². The zero-order valence-corrected chi connectivity index (χ0v) is 13.5. The Labute approximate surface area is 134 Å². The number of hydrogen-bond acceptors (Lipinski definition) is 4. The second-order valence-corrected chi connectivity index (χ2v) is 6.22. The predicted octanol–water partition coefficient (Wildman–Crippen LogP) is 3.14. The third kappa shape index (κ3) is 3.25. The number of ether oxygens (including phenoxy) is 1. The van der Waals surface area contributed by atoms with Crippen LogP contribution < -0.4 is 10.1 Å². The Kier molecular flexibility index (Phi) is 4.63. The summed E-state index contributed by atoms with van der Waals surface area (Å²) in [5.41, 5.74) is 2.16. The van der Waals surface area contributed by atoms with Crippen molar-refractivity contribution in [2.24, 2.45) is 0 Å². The van der Waals surface area contributed by atoms with Crippen LogP contribution >= 0.6 is 11.3 Å². The number of hydrogen-bond donors (Lipinski definition) is 1. The minimum atomic E-state index is 0.128. The number of amides is 1. The SMILES string of the molecule is CCOc1ccccc1NCC(=O)N1CCc2sccc2C1. The first-order chi connectivity index (χ1) is 10.8. The number of carbonyl (C=O) groups excluding carboxylic acids is 1. The Hall–Kier alpha value is -2.01. The Morgan fingerprint density at radius 3 is 3.09 bits per heavy atom. The highest BCUT2D eigenvalue weighted by Crippen LogP contribution is 2.25. The quantitative estimate of drug-likeness (QED) is 0.921. The fourth-order valence-electron chi connectivity index (χ4n) is 2.64. The van der Waals surface area contributed by atoms with Gasteiger partial charge in [0.05, 0.1) is 18.8 Å². The van der Waals surface area contributed by atoms with Crippen LogP contribution in [0.3, 0.4) is 0 Å². The Morgan fingerprint density at radius 2 is 2.23 bits per heavy atom. The number of thiophene rings is 1. The molecule has 0 atom stereocenters. The van der Waals surface area contributed by atoms with E-state index in [1.807, 2.05) is 36.1 Å². The van der Waals surface area contributed by atoms with E-state index in [4.69, 9.17) is 4.74 Å². The average Bonchev–Trinajstić information content (AvgIpc) is 3.01. The van der Waals surface area contributed by atoms with Gasteiger partial charge >= 0.3 is 0 Å². The van der Waals surface area contributed by atoms with Gasteiger partial charge in [-0.2, -0.15) is 0 Å². The van der Waals surface area contributed by atoms with Gasteiger partial charge in [0.2, 0.25) is 5.91 Å². The van der Waals surface area contributed by atoms with Crippen molar-refractivity contribution in [2.45, 2.75) is 19.9 Å². The molecule has 0 fully saturated rings. The van der Waals surface area contributed by atoms with E-state index in [2.05, 4.69) is 16.8 Å². The van der Waals surface area contributed by atoms with Gasteiger partial charge < -0.3 is 15.0 Å². The predicted molar refractivity (Wildman–Crippen MR) is 89.5 cm³/mol. The van der Waals surface area contributed by atoms with Gasteiger partial charge in [0, 0.05) is 18.0 Å². The molecular weight excluding hydrogens is 296 g/mol. The van der Waals surface area contributed by atoms with Crippen molar-refractivity contribution in [3.8, 4) is 5.75 Å². The highest BCUT2D eigenvalue weighted by atomic mass is 32.1. The maximum Gasteiger partial charge on any atom is 0.242 e. The molecule has 0 unspecified atom stereocenters. The Balaban J connectivity index is 1.59. The summed E-state index contributed by atoms with van der Waals surface area (Å²) in [4.78, 5) is 15.7. The summed E-state index contributed by atoms with van der Waals surface area (Å²) < 4.78 is 5.56. The van der Waals surface area contributed by atoms with Crippen LogP contribution in [0.25, 0.3) is 0 Å². The van der Waals surface area contributed by atoms with Crippen molar-refractivity contribution in [1.82, 2.24) is 4.90 Å². The summed E-state index contributed by atoms with van der Waals surface area (Å²) in [5.74, 6) is 0.916. The molecule has 116 valence electrons. The normalized spacial score (nSPS) is 13.6. The molecule has 1 aromatic carbocycles. The summed E-state index contributed by atoms with van der Waals surface area (Å²) in [6.45, 7) is 4.39. The summed E-state index contributed by atoms with van der Waals surface area (Å²) >= 11 is 1.79. The molecule has 1 aromatic heterocycles. The minimum absolute atomic E-state index is 0.128. The number of carbonyl (C=O) groups is 1. The molecule has 3 rings (SSSR count). The van der Waals surface area contributed by atoms with E-state index in [0.29, 0.717) is 13.2 Å². The van der Waals surface area contributed by atoms with Gasteiger partial charge in [0.1, 0.15) is 5.75 Å². The van der Waals surface area contributed by atoms with Gasteiger partial charge in [0.15, 0.2) is 0 Å². The van der Waals surface area contributed by atoms with E-state index in [-0.39, 0.29) is 5.91 Å². The summed E-state index contributed by atoms with van der Waals surface area (Å²) in [6, 6.07) is 9.84. The van der Waals surface area contributed by atoms with E-state index in [1.165, 1.54) is 10.4 Å². The first-order valence-corrected chi connectivity index (χ1v) is 8.44. The lowest BCUT2D eigenvalue weighted by Gasteiger charge is -2.27. The number of nitrogens with zero attached hydrogens (tertiary/aromatic N) is 1. The first-order valence-electron chi connectivity index (χ1n) is 7.56. The maximum absolute atomic E-state index is 12.4. The smallest absolute Gasteiger partial charge is 0.242 e. The van der Waals surface area contributed by atoms with Crippen LogP contribution in [0.2, 0.25) is 0 Å². The number of nitrogens with one attached hydrogen (secondary N) is 1. The van der Waals surface area contributed by atoms with E-state index < -0.39 is 0 Å². The molecule has 1 N–H and O–H groups in total. The average molecular weight is 316 g/mol. The lowest BCUT2D eigenvalue weighted by atomic mass is 10.1. The Morgan fingerprint density at radius 1 is 1.36 bits per heavy atom. The topological polar surface area (TPSA) is 41.6 Å². The number of rotatable bonds is 5. The molecule has 2 heterocycles. The lowest BCUT2D eigenvalue weighted by Crippen LogP contribution is -2.38. The van der Waals surface area contributed by atoms with E-state index in [9.17, 15) is 4.79 Å². The van der Waals surface area contributed by atoms with Crippen LogP contribution in [0, 0.1) is 0 Å². The van der Waals surface area contributed by atoms with Crippen molar-refractivity contribution in [1.29, 1.82) is 0 Å². The maximum atomic E-state index is 12.4.